The number of benzene rings is 1. The lowest BCUT2D eigenvalue weighted by Crippen LogP contribution is -2.32. The summed E-state index contributed by atoms with van der Waals surface area (Å²) in [6.45, 7) is 5.52. The van der Waals surface area contributed by atoms with E-state index < -0.39 is 0 Å². The Bertz CT molecular complexity index is 449. The molecule has 0 radical (unpaired) electrons. The Morgan fingerprint density at radius 2 is 1.95 bits per heavy atom. The molecule has 0 N–H and O–H groups in total. The summed E-state index contributed by atoms with van der Waals surface area (Å²) in [7, 11) is 0. The van der Waals surface area contributed by atoms with E-state index in [-0.39, 0.29) is 12.5 Å². The molecule has 0 aliphatic rings. The molecule has 0 atom stereocenters. The third kappa shape index (κ3) is 4.93. The van der Waals surface area contributed by atoms with Crippen molar-refractivity contribution in [2.75, 3.05) is 19.7 Å². The summed E-state index contributed by atoms with van der Waals surface area (Å²) in [6, 6.07) is 9.15. The summed E-state index contributed by atoms with van der Waals surface area (Å²) in [4.78, 5) is 13.8. The van der Waals surface area contributed by atoms with Gasteiger partial charge in [-0.2, -0.15) is 5.26 Å². The van der Waals surface area contributed by atoms with Crippen LogP contribution < -0.4 is 4.74 Å². The van der Waals surface area contributed by atoms with Gasteiger partial charge in [0, 0.05) is 12.1 Å². The second-order valence-electron chi connectivity index (χ2n) is 4.61. The van der Waals surface area contributed by atoms with Crippen molar-refractivity contribution >= 4 is 5.91 Å². The third-order valence-corrected chi connectivity index (χ3v) is 2.91. The molecule has 0 spiro atoms. The lowest BCUT2D eigenvalue weighted by atomic mass is 10.2. The molecular weight excluding hydrogens is 252 g/mol. The lowest BCUT2D eigenvalue weighted by molar-refractivity contribution is 0.0776. The highest BCUT2D eigenvalue weighted by molar-refractivity contribution is 5.94. The van der Waals surface area contributed by atoms with Gasteiger partial charge in [-0.1, -0.05) is 20.3 Å². The van der Waals surface area contributed by atoms with Crippen molar-refractivity contribution in [1.29, 1.82) is 5.26 Å². The van der Waals surface area contributed by atoms with Crippen molar-refractivity contribution in [3.8, 4) is 11.8 Å². The van der Waals surface area contributed by atoms with E-state index in [1.807, 2.05) is 13.0 Å². The molecule has 0 bridgehead atoms. The molecule has 0 unspecified atom stereocenters. The van der Waals surface area contributed by atoms with Gasteiger partial charge in [-0.3, -0.25) is 4.79 Å². The normalized spacial score (nSPS) is 9.85. The van der Waals surface area contributed by atoms with Gasteiger partial charge in [-0.15, -0.1) is 0 Å². The van der Waals surface area contributed by atoms with Crippen LogP contribution in [0.1, 0.15) is 43.5 Å². The third-order valence-electron chi connectivity index (χ3n) is 2.91. The summed E-state index contributed by atoms with van der Waals surface area (Å²) in [5.74, 6) is 0.672. The molecule has 0 heterocycles. The standard InChI is InChI=1S/C16H22N2O2/c1-3-5-13-20-15-8-6-14(7-9-15)16(19)18(11-4-2)12-10-17/h6-9H,3-5,11-13H2,1-2H3. The van der Waals surface area contributed by atoms with Crippen molar-refractivity contribution in [2.24, 2.45) is 0 Å². The van der Waals surface area contributed by atoms with E-state index in [1.165, 1.54) is 0 Å². The highest BCUT2D eigenvalue weighted by Crippen LogP contribution is 2.14. The minimum atomic E-state index is -0.103. The minimum Gasteiger partial charge on any atom is -0.494 e. The lowest BCUT2D eigenvalue weighted by Gasteiger charge is -2.18. The summed E-state index contributed by atoms with van der Waals surface area (Å²) in [5.41, 5.74) is 0.594. The molecule has 4 nitrogen and oxygen atoms in total. The molecule has 1 amide bonds. The number of nitriles is 1. The fourth-order valence-corrected chi connectivity index (χ4v) is 1.82. The van der Waals surface area contributed by atoms with Crippen LogP contribution in [0, 0.1) is 11.3 Å². The highest BCUT2D eigenvalue weighted by atomic mass is 16.5. The van der Waals surface area contributed by atoms with Crippen molar-refractivity contribution in [2.45, 2.75) is 33.1 Å². The SMILES string of the molecule is CCCCOc1ccc(C(=O)N(CC#N)CCC)cc1. The van der Waals surface area contributed by atoms with Crippen LogP contribution in [0.3, 0.4) is 0 Å². The van der Waals surface area contributed by atoms with Crippen LogP contribution in [0.15, 0.2) is 24.3 Å². The van der Waals surface area contributed by atoms with E-state index in [2.05, 4.69) is 6.92 Å². The summed E-state index contributed by atoms with van der Waals surface area (Å²) < 4.78 is 5.56. The first-order valence-corrected chi connectivity index (χ1v) is 7.12. The van der Waals surface area contributed by atoms with Crippen LogP contribution in [-0.4, -0.2) is 30.5 Å². The number of carbonyl (C=O) groups is 1. The number of amides is 1. The van der Waals surface area contributed by atoms with Gasteiger partial charge in [0.15, 0.2) is 0 Å². The van der Waals surface area contributed by atoms with Crippen LogP contribution in [0.2, 0.25) is 0 Å². The average Bonchev–Trinajstić information content (AvgIpc) is 2.47. The predicted octanol–water partition coefficient (Wildman–Crippen LogP) is 3.24. The van der Waals surface area contributed by atoms with Crippen LogP contribution in [0.25, 0.3) is 0 Å². The van der Waals surface area contributed by atoms with Crippen molar-refractivity contribution in [3.63, 3.8) is 0 Å². The predicted molar refractivity (Wildman–Crippen MR) is 78.7 cm³/mol. The number of ether oxygens (including phenoxy) is 1. The van der Waals surface area contributed by atoms with Gasteiger partial charge in [0.05, 0.1) is 12.7 Å². The molecule has 1 aromatic carbocycles. The number of rotatable bonds is 8. The van der Waals surface area contributed by atoms with E-state index in [0.29, 0.717) is 18.7 Å². The largest absolute Gasteiger partial charge is 0.494 e. The first-order chi connectivity index (χ1) is 9.72. The Morgan fingerprint density at radius 1 is 1.25 bits per heavy atom. The van der Waals surface area contributed by atoms with Crippen LogP contribution in [0.4, 0.5) is 0 Å². The molecule has 1 rings (SSSR count). The zero-order valence-electron chi connectivity index (χ0n) is 12.3. The maximum atomic E-state index is 12.2. The molecule has 0 aliphatic carbocycles. The van der Waals surface area contributed by atoms with E-state index >= 15 is 0 Å². The Balaban J connectivity index is 2.66. The average molecular weight is 274 g/mol. The van der Waals surface area contributed by atoms with Crippen molar-refractivity contribution in [1.82, 2.24) is 4.90 Å². The highest BCUT2D eigenvalue weighted by Gasteiger charge is 2.14. The molecular formula is C16H22N2O2. The van der Waals surface area contributed by atoms with Crippen molar-refractivity contribution < 1.29 is 9.53 Å². The molecule has 4 heteroatoms. The van der Waals surface area contributed by atoms with Gasteiger partial charge in [0.1, 0.15) is 12.3 Å². The van der Waals surface area contributed by atoms with Gasteiger partial charge in [-0.25, -0.2) is 0 Å². The van der Waals surface area contributed by atoms with Crippen LogP contribution in [-0.2, 0) is 0 Å². The smallest absolute Gasteiger partial charge is 0.254 e. The molecule has 0 aliphatic heterocycles. The Kier molecular flexibility index (Phi) is 7.20. The quantitative estimate of drug-likeness (QED) is 0.540. The van der Waals surface area contributed by atoms with E-state index in [0.717, 1.165) is 25.0 Å². The van der Waals surface area contributed by atoms with E-state index in [1.54, 1.807) is 29.2 Å². The fourth-order valence-electron chi connectivity index (χ4n) is 1.82. The Morgan fingerprint density at radius 3 is 2.50 bits per heavy atom. The summed E-state index contributed by atoms with van der Waals surface area (Å²) in [6.07, 6.45) is 2.95. The van der Waals surface area contributed by atoms with Crippen LogP contribution >= 0.6 is 0 Å². The summed E-state index contributed by atoms with van der Waals surface area (Å²) in [5, 5.41) is 8.76. The molecule has 0 aromatic heterocycles. The Hall–Kier alpha value is -2.02. The first kappa shape index (κ1) is 16.0. The number of hydrogen-bond donors (Lipinski definition) is 0. The first-order valence-electron chi connectivity index (χ1n) is 7.12. The number of nitrogens with zero attached hydrogens (tertiary/aromatic N) is 2. The molecule has 108 valence electrons. The van der Waals surface area contributed by atoms with E-state index in [9.17, 15) is 4.79 Å². The molecule has 0 fully saturated rings. The topological polar surface area (TPSA) is 53.3 Å². The number of unbranched alkanes of at least 4 members (excludes halogenated alkanes) is 1. The fraction of sp³-hybridized carbons (Fsp3) is 0.500. The number of hydrogen-bond acceptors (Lipinski definition) is 3. The second-order valence-corrected chi connectivity index (χ2v) is 4.61. The molecule has 1 aromatic rings. The zero-order chi connectivity index (χ0) is 14.8. The van der Waals surface area contributed by atoms with Crippen LogP contribution in [0.5, 0.6) is 5.75 Å². The Labute approximate surface area is 121 Å². The zero-order valence-corrected chi connectivity index (χ0v) is 12.3. The van der Waals surface area contributed by atoms with Crippen molar-refractivity contribution in [3.05, 3.63) is 29.8 Å². The van der Waals surface area contributed by atoms with Gasteiger partial charge in [0.25, 0.3) is 5.91 Å². The van der Waals surface area contributed by atoms with Gasteiger partial charge < -0.3 is 9.64 Å². The molecule has 0 saturated carbocycles. The maximum absolute atomic E-state index is 12.2. The van der Waals surface area contributed by atoms with Gasteiger partial charge >= 0.3 is 0 Å². The maximum Gasteiger partial charge on any atom is 0.254 e. The van der Waals surface area contributed by atoms with E-state index in [4.69, 9.17) is 10.00 Å². The summed E-state index contributed by atoms with van der Waals surface area (Å²) >= 11 is 0. The molecule has 0 saturated heterocycles. The van der Waals surface area contributed by atoms with Gasteiger partial charge in [-0.05, 0) is 37.1 Å². The second kappa shape index (κ2) is 8.98. The monoisotopic (exact) mass is 274 g/mol. The minimum absolute atomic E-state index is 0.103. The molecule has 20 heavy (non-hydrogen) atoms. The van der Waals surface area contributed by atoms with Gasteiger partial charge in [0.2, 0.25) is 0 Å². The number of carbonyl (C=O) groups excluding carboxylic acids is 1.